The van der Waals surface area contributed by atoms with Crippen molar-refractivity contribution in [3.05, 3.63) is 18.0 Å². The third kappa shape index (κ3) is 3.91. The molecule has 0 aliphatic carbocycles. The Labute approximate surface area is 160 Å². The third-order valence-corrected chi connectivity index (χ3v) is 6.35. The first-order valence-corrected chi connectivity index (χ1v) is 10.1. The molecular weight excluding hydrogens is 344 g/mol. The Morgan fingerprint density at radius 2 is 2.30 bits per heavy atom. The summed E-state index contributed by atoms with van der Waals surface area (Å²) < 4.78 is 8.05. The zero-order valence-electron chi connectivity index (χ0n) is 16.3. The van der Waals surface area contributed by atoms with Crippen molar-refractivity contribution >= 4 is 5.91 Å². The molecule has 3 aliphatic heterocycles. The summed E-state index contributed by atoms with van der Waals surface area (Å²) in [6.45, 7) is 8.78. The molecule has 148 valence electrons. The molecule has 0 saturated carbocycles. The zero-order chi connectivity index (χ0) is 18.9. The number of ether oxygens (including phenoxy) is 1. The second-order valence-electron chi connectivity index (χ2n) is 8.46. The van der Waals surface area contributed by atoms with Crippen molar-refractivity contribution < 1.29 is 9.53 Å². The van der Waals surface area contributed by atoms with Crippen LogP contribution in [0.5, 0.6) is 0 Å². The fourth-order valence-electron chi connectivity index (χ4n) is 5.08. The van der Waals surface area contributed by atoms with Gasteiger partial charge in [-0.05, 0) is 43.5 Å². The van der Waals surface area contributed by atoms with Crippen LogP contribution in [0.25, 0.3) is 0 Å². The molecule has 3 aliphatic rings. The van der Waals surface area contributed by atoms with E-state index in [9.17, 15) is 4.79 Å². The van der Waals surface area contributed by atoms with Crippen LogP contribution < -0.4 is 5.32 Å². The van der Waals surface area contributed by atoms with E-state index in [2.05, 4.69) is 45.7 Å². The number of nitrogens with zero attached hydrogens (tertiary/aromatic N) is 5. The van der Waals surface area contributed by atoms with Crippen LogP contribution in [0.15, 0.2) is 18.0 Å². The number of hydrogen-bond donors (Lipinski definition) is 1. The Kier molecular flexibility index (Phi) is 5.27. The van der Waals surface area contributed by atoms with Crippen molar-refractivity contribution in [2.75, 3.05) is 26.2 Å². The van der Waals surface area contributed by atoms with Crippen LogP contribution in [0.3, 0.4) is 0 Å². The lowest BCUT2D eigenvalue weighted by Crippen LogP contribution is -2.42. The van der Waals surface area contributed by atoms with Gasteiger partial charge in [0.05, 0.1) is 18.2 Å². The van der Waals surface area contributed by atoms with Gasteiger partial charge in [0.25, 0.3) is 0 Å². The molecule has 4 atom stereocenters. The number of amides is 1. The average Bonchev–Trinajstić information content (AvgIpc) is 3.38. The van der Waals surface area contributed by atoms with Crippen LogP contribution in [0.1, 0.15) is 39.5 Å². The summed E-state index contributed by atoms with van der Waals surface area (Å²) in [6.07, 6.45) is 7.96. The number of hydrogen-bond acceptors (Lipinski definition) is 6. The van der Waals surface area contributed by atoms with E-state index in [0.717, 1.165) is 32.5 Å². The minimum atomic E-state index is 0.0391. The highest BCUT2D eigenvalue weighted by Gasteiger charge is 2.62. The fourth-order valence-corrected chi connectivity index (χ4v) is 5.08. The topological polar surface area (TPSA) is 85.2 Å². The lowest BCUT2D eigenvalue weighted by molar-refractivity contribution is -0.121. The molecule has 8 heteroatoms. The van der Waals surface area contributed by atoms with E-state index < -0.39 is 0 Å². The van der Waals surface area contributed by atoms with Gasteiger partial charge in [0.2, 0.25) is 5.91 Å². The highest BCUT2D eigenvalue weighted by Crippen LogP contribution is 2.54. The summed E-state index contributed by atoms with van der Waals surface area (Å²) >= 11 is 0. The third-order valence-electron chi connectivity index (χ3n) is 6.35. The molecule has 2 bridgehead atoms. The van der Waals surface area contributed by atoms with E-state index >= 15 is 0 Å². The molecule has 0 unspecified atom stereocenters. The molecule has 1 spiro atoms. The molecule has 0 radical (unpaired) electrons. The van der Waals surface area contributed by atoms with Crippen molar-refractivity contribution in [3.63, 3.8) is 0 Å². The van der Waals surface area contributed by atoms with Crippen molar-refractivity contribution in [1.29, 1.82) is 0 Å². The van der Waals surface area contributed by atoms with E-state index in [1.807, 2.05) is 0 Å². The smallest absolute Gasteiger partial charge is 0.221 e. The van der Waals surface area contributed by atoms with E-state index in [1.165, 1.54) is 18.3 Å². The summed E-state index contributed by atoms with van der Waals surface area (Å²) in [5, 5.41) is 14.1. The number of aryl methyl sites for hydroxylation is 1. The molecule has 3 saturated heterocycles. The Morgan fingerprint density at radius 3 is 3.07 bits per heavy atom. The number of carbonyl (C=O) groups is 1. The van der Waals surface area contributed by atoms with Crippen LogP contribution in [0, 0.1) is 11.8 Å². The number of rotatable bonds is 8. The van der Waals surface area contributed by atoms with Crippen LogP contribution >= 0.6 is 0 Å². The second kappa shape index (κ2) is 7.67. The number of fused-ring (bicyclic) bond motifs is 1. The average molecular weight is 374 g/mol. The van der Waals surface area contributed by atoms with Gasteiger partial charge in [0, 0.05) is 44.4 Å². The quantitative estimate of drug-likeness (QED) is 0.684. The maximum Gasteiger partial charge on any atom is 0.221 e. The molecule has 27 heavy (non-hydrogen) atoms. The SMILES string of the molecule is CC(C)=CCCN1C[C@@H]2[C@H](CNC(=O)CCn3cnnn3)[C@H]3CC[C@]2(C1)O3. The molecule has 1 N–H and O–H groups in total. The van der Waals surface area contributed by atoms with Gasteiger partial charge in [0.15, 0.2) is 0 Å². The van der Waals surface area contributed by atoms with Crippen LogP contribution in [-0.4, -0.2) is 68.9 Å². The number of carbonyl (C=O) groups excluding carboxylic acids is 1. The first-order chi connectivity index (χ1) is 13.1. The Balaban J connectivity index is 1.27. The summed E-state index contributed by atoms with van der Waals surface area (Å²) in [7, 11) is 0. The van der Waals surface area contributed by atoms with Crippen molar-refractivity contribution in [3.8, 4) is 0 Å². The molecule has 3 fully saturated rings. The molecule has 1 aromatic rings. The minimum Gasteiger partial charge on any atom is -0.370 e. The number of allylic oxidation sites excluding steroid dienone is 1. The predicted molar refractivity (Wildman–Crippen MR) is 99.7 cm³/mol. The van der Waals surface area contributed by atoms with Crippen LogP contribution in [0.4, 0.5) is 0 Å². The van der Waals surface area contributed by atoms with Gasteiger partial charge in [0.1, 0.15) is 6.33 Å². The van der Waals surface area contributed by atoms with Crippen LogP contribution in [0.2, 0.25) is 0 Å². The molecule has 0 aromatic carbocycles. The predicted octanol–water partition coefficient (Wildman–Crippen LogP) is 1.02. The van der Waals surface area contributed by atoms with Gasteiger partial charge in [-0.2, -0.15) is 0 Å². The number of likely N-dealkylation sites (tertiary alicyclic amines) is 1. The van der Waals surface area contributed by atoms with Gasteiger partial charge in [-0.15, -0.1) is 5.10 Å². The van der Waals surface area contributed by atoms with Crippen molar-refractivity contribution in [1.82, 2.24) is 30.4 Å². The van der Waals surface area contributed by atoms with Gasteiger partial charge < -0.3 is 10.1 Å². The molecule has 1 amide bonds. The normalized spacial score (nSPS) is 31.9. The first-order valence-electron chi connectivity index (χ1n) is 10.1. The lowest BCUT2D eigenvalue weighted by atomic mass is 9.73. The Bertz CT molecular complexity index is 686. The standard InChI is InChI=1S/C19H30N6O2/c1-14(2)4-3-8-24-11-16-15(17-5-7-19(16,12-24)27-17)10-20-18(26)6-9-25-13-21-22-23-25/h4,13,15-17H,3,5-12H2,1-2H3,(H,20,26)/t15-,16+,17+,19+/m0/s1. The largest absolute Gasteiger partial charge is 0.370 e. The number of aromatic nitrogens is 4. The van der Waals surface area contributed by atoms with Crippen molar-refractivity contribution in [2.24, 2.45) is 11.8 Å². The highest BCUT2D eigenvalue weighted by molar-refractivity contribution is 5.75. The maximum absolute atomic E-state index is 12.2. The number of nitrogens with one attached hydrogen (secondary N) is 1. The first kappa shape index (κ1) is 18.6. The van der Waals surface area contributed by atoms with Gasteiger partial charge in [-0.1, -0.05) is 11.6 Å². The zero-order valence-corrected chi connectivity index (χ0v) is 16.3. The highest BCUT2D eigenvalue weighted by atomic mass is 16.5. The molecule has 8 nitrogen and oxygen atoms in total. The molecular formula is C19H30N6O2. The summed E-state index contributed by atoms with van der Waals surface area (Å²) in [6, 6.07) is 0. The van der Waals surface area contributed by atoms with Gasteiger partial charge in [-0.3, -0.25) is 9.69 Å². The van der Waals surface area contributed by atoms with Gasteiger partial charge >= 0.3 is 0 Å². The van der Waals surface area contributed by atoms with Crippen LogP contribution in [-0.2, 0) is 16.1 Å². The fraction of sp³-hybridized carbons (Fsp3) is 0.789. The Hall–Kier alpha value is -1.80. The summed E-state index contributed by atoms with van der Waals surface area (Å²) in [5.74, 6) is 1.03. The van der Waals surface area contributed by atoms with Crippen molar-refractivity contribution in [2.45, 2.75) is 57.8 Å². The van der Waals surface area contributed by atoms with E-state index in [0.29, 0.717) is 37.5 Å². The molecule has 4 heterocycles. The maximum atomic E-state index is 12.2. The van der Waals surface area contributed by atoms with Gasteiger partial charge in [-0.25, -0.2) is 4.68 Å². The summed E-state index contributed by atoms with van der Waals surface area (Å²) in [5.41, 5.74) is 1.42. The van der Waals surface area contributed by atoms with E-state index in [1.54, 1.807) is 4.68 Å². The summed E-state index contributed by atoms with van der Waals surface area (Å²) in [4.78, 5) is 14.8. The van der Waals surface area contributed by atoms with E-state index in [4.69, 9.17) is 4.74 Å². The minimum absolute atomic E-state index is 0.0391. The second-order valence-corrected chi connectivity index (χ2v) is 8.46. The lowest BCUT2D eigenvalue weighted by Gasteiger charge is -2.29. The molecule has 1 aromatic heterocycles. The Morgan fingerprint density at radius 1 is 1.41 bits per heavy atom. The monoisotopic (exact) mass is 374 g/mol. The number of tetrazole rings is 1. The van der Waals surface area contributed by atoms with E-state index in [-0.39, 0.29) is 11.5 Å². The molecule has 4 rings (SSSR count).